The number of aliphatic carboxylic acids is 1. The second-order valence-corrected chi connectivity index (χ2v) is 11.1. The fraction of sp³-hybridized carbons (Fsp3) is 0.455. The molecule has 1 aromatic carbocycles. The van der Waals surface area contributed by atoms with Gasteiger partial charge in [-0.05, 0) is 50.8 Å². The van der Waals surface area contributed by atoms with Crippen molar-refractivity contribution >= 4 is 56.8 Å². The van der Waals surface area contributed by atoms with Gasteiger partial charge in [-0.15, -0.1) is 11.8 Å². The van der Waals surface area contributed by atoms with Gasteiger partial charge in [-0.3, -0.25) is 20.1 Å². The number of carboxylic acid groups (broad SMARTS) is 1. The SMILES string of the molecule is CC(C)(CSc1cnc(NC(=O)N(CC2CCCC2)c2ccc3cn[nH]c3c2)s1)C(=O)O. The number of urea groups is 1. The Morgan fingerprint density at radius 1 is 1.31 bits per heavy atom. The van der Waals surface area contributed by atoms with E-state index in [4.69, 9.17) is 0 Å². The van der Waals surface area contributed by atoms with Crippen LogP contribution in [0.5, 0.6) is 0 Å². The van der Waals surface area contributed by atoms with Crippen molar-refractivity contribution in [2.24, 2.45) is 11.3 Å². The minimum atomic E-state index is -0.833. The molecule has 0 unspecified atom stereocenters. The molecular weight excluding hydrogens is 446 g/mol. The average Bonchev–Trinajstić information content (AvgIpc) is 3.51. The number of amides is 2. The number of aromatic amines is 1. The first-order valence-electron chi connectivity index (χ1n) is 10.7. The number of carbonyl (C=O) groups excluding carboxylic acids is 1. The van der Waals surface area contributed by atoms with Crippen LogP contribution in [0.1, 0.15) is 39.5 Å². The number of nitrogens with one attached hydrogen (secondary N) is 2. The molecule has 2 heterocycles. The standard InChI is InChI=1S/C22H27N5O3S2/c1-22(2,19(28)29)13-31-18-11-23-20(32-18)25-21(30)27(12-14-5-3-4-6-14)16-8-7-15-10-24-26-17(15)9-16/h7-11,14H,3-6,12-13H2,1-2H3,(H,24,26)(H,28,29)(H,23,25,30). The van der Waals surface area contributed by atoms with Gasteiger partial charge in [0.1, 0.15) is 0 Å². The van der Waals surface area contributed by atoms with Gasteiger partial charge in [0.2, 0.25) is 0 Å². The third-order valence-corrected chi connectivity index (χ3v) is 8.32. The third kappa shape index (κ3) is 5.24. The molecule has 3 N–H and O–H groups in total. The van der Waals surface area contributed by atoms with Crippen LogP contribution in [-0.4, -0.2) is 44.6 Å². The van der Waals surface area contributed by atoms with Crippen LogP contribution in [0.15, 0.2) is 34.8 Å². The highest BCUT2D eigenvalue weighted by atomic mass is 32.2. The molecule has 0 bridgehead atoms. The number of anilines is 2. The Bertz CT molecular complexity index is 1100. The zero-order valence-corrected chi connectivity index (χ0v) is 19.8. The van der Waals surface area contributed by atoms with E-state index < -0.39 is 11.4 Å². The highest BCUT2D eigenvalue weighted by Crippen LogP contribution is 2.34. The van der Waals surface area contributed by atoms with E-state index in [9.17, 15) is 14.7 Å². The van der Waals surface area contributed by atoms with Gasteiger partial charge >= 0.3 is 12.0 Å². The van der Waals surface area contributed by atoms with E-state index in [0.717, 1.165) is 33.6 Å². The van der Waals surface area contributed by atoms with Crippen molar-refractivity contribution in [3.8, 4) is 0 Å². The molecule has 10 heteroatoms. The number of carbonyl (C=O) groups is 2. The zero-order chi connectivity index (χ0) is 22.7. The van der Waals surface area contributed by atoms with Crippen molar-refractivity contribution in [2.45, 2.75) is 43.7 Å². The van der Waals surface area contributed by atoms with E-state index in [1.807, 2.05) is 18.2 Å². The van der Waals surface area contributed by atoms with Gasteiger partial charge in [0.25, 0.3) is 0 Å². The lowest BCUT2D eigenvalue weighted by Crippen LogP contribution is -2.38. The van der Waals surface area contributed by atoms with Crippen LogP contribution in [0.25, 0.3) is 10.9 Å². The maximum Gasteiger partial charge on any atom is 0.328 e. The number of hydrogen-bond donors (Lipinski definition) is 3. The number of nitrogens with zero attached hydrogens (tertiary/aromatic N) is 3. The quantitative estimate of drug-likeness (QED) is 0.375. The van der Waals surface area contributed by atoms with Crippen LogP contribution in [0.4, 0.5) is 15.6 Å². The first-order valence-corrected chi connectivity index (χ1v) is 12.5. The molecule has 4 rings (SSSR count). The fourth-order valence-electron chi connectivity index (χ4n) is 3.71. The first kappa shape index (κ1) is 22.6. The van der Waals surface area contributed by atoms with Gasteiger partial charge in [0.15, 0.2) is 5.13 Å². The number of aromatic nitrogens is 3. The maximum absolute atomic E-state index is 13.3. The number of thiazole rings is 1. The number of thioether (sulfide) groups is 1. The molecule has 0 spiro atoms. The molecule has 2 amide bonds. The van der Waals surface area contributed by atoms with Crippen molar-refractivity contribution in [1.29, 1.82) is 0 Å². The lowest BCUT2D eigenvalue weighted by Gasteiger charge is -2.25. The van der Waals surface area contributed by atoms with Gasteiger partial charge in [0.05, 0.1) is 27.5 Å². The van der Waals surface area contributed by atoms with Crippen molar-refractivity contribution in [3.05, 3.63) is 30.6 Å². The molecule has 0 radical (unpaired) electrons. The summed E-state index contributed by atoms with van der Waals surface area (Å²) in [6.07, 6.45) is 8.13. The highest BCUT2D eigenvalue weighted by Gasteiger charge is 2.28. The normalized spacial score (nSPS) is 14.7. The predicted molar refractivity (Wildman–Crippen MR) is 129 cm³/mol. The summed E-state index contributed by atoms with van der Waals surface area (Å²) in [6, 6.07) is 5.65. The minimum absolute atomic E-state index is 0.215. The summed E-state index contributed by atoms with van der Waals surface area (Å²) in [7, 11) is 0. The van der Waals surface area contributed by atoms with Crippen LogP contribution in [-0.2, 0) is 4.79 Å². The van der Waals surface area contributed by atoms with Gasteiger partial charge in [-0.25, -0.2) is 9.78 Å². The van der Waals surface area contributed by atoms with Crippen LogP contribution in [0.3, 0.4) is 0 Å². The highest BCUT2D eigenvalue weighted by molar-refractivity contribution is 8.01. The van der Waals surface area contributed by atoms with Crippen LogP contribution < -0.4 is 10.2 Å². The number of rotatable bonds is 8. The second kappa shape index (κ2) is 9.50. The number of fused-ring (bicyclic) bond motifs is 1. The molecule has 170 valence electrons. The van der Waals surface area contributed by atoms with Crippen LogP contribution >= 0.6 is 23.1 Å². The molecule has 8 nitrogen and oxygen atoms in total. The molecule has 3 aromatic rings. The zero-order valence-electron chi connectivity index (χ0n) is 18.1. The molecule has 0 atom stereocenters. The van der Waals surface area contributed by atoms with Crippen molar-refractivity contribution in [2.75, 3.05) is 22.5 Å². The predicted octanol–water partition coefficient (Wildman–Crippen LogP) is 5.45. The molecule has 1 fully saturated rings. The van der Waals surface area contributed by atoms with Crippen LogP contribution in [0.2, 0.25) is 0 Å². The second-order valence-electron chi connectivity index (χ2n) is 8.79. The number of benzene rings is 1. The summed E-state index contributed by atoms with van der Waals surface area (Å²) in [4.78, 5) is 30.7. The molecule has 2 aromatic heterocycles. The average molecular weight is 474 g/mol. The van der Waals surface area contributed by atoms with Crippen molar-refractivity contribution < 1.29 is 14.7 Å². The third-order valence-electron chi connectivity index (χ3n) is 5.75. The number of H-pyrrole nitrogens is 1. The summed E-state index contributed by atoms with van der Waals surface area (Å²) in [5, 5.41) is 20.8. The minimum Gasteiger partial charge on any atom is -0.481 e. The Hall–Kier alpha value is -2.59. The Kier molecular flexibility index (Phi) is 6.71. The van der Waals surface area contributed by atoms with Crippen molar-refractivity contribution in [1.82, 2.24) is 15.2 Å². The molecule has 1 aliphatic rings. The molecule has 32 heavy (non-hydrogen) atoms. The summed E-state index contributed by atoms with van der Waals surface area (Å²) >= 11 is 2.79. The Morgan fingerprint density at radius 3 is 2.84 bits per heavy atom. The maximum atomic E-state index is 13.3. The summed E-state index contributed by atoms with van der Waals surface area (Å²) in [6.45, 7) is 4.05. The molecule has 0 saturated heterocycles. The van der Waals surface area contributed by atoms with E-state index in [-0.39, 0.29) is 6.03 Å². The number of carboxylic acids is 1. The molecule has 1 aliphatic carbocycles. The summed E-state index contributed by atoms with van der Waals surface area (Å²) < 4.78 is 0.871. The van der Waals surface area contributed by atoms with Gasteiger partial charge in [-0.2, -0.15) is 5.10 Å². The van der Waals surface area contributed by atoms with Crippen molar-refractivity contribution in [3.63, 3.8) is 0 Å². The molecular formula is C22H27N5O3S2. The van der Waals surface area contributed by atoms with E-state index in [1.54, 1.807) is 31.1 Å². The lowest BCUT2D eigenvalue weighted by molar-refractivity contribution is -0.145. The fourth-order valence-corrected chi connectivity index (χ4v) is 5.65. The smallest absolute Gasteiger partial charge is 0.328 e. The summed E-state index contributed by atoms with van der Waals surface area (Å²) in [5.41, 5.74) is 0.878. The molecule has 0 aliphatic heterocycles. The van der Waals surface area contributed by atoms with Gasteiger partial charge < -0.3 is 5.11 Å². The van der Waals surface area contributed by atoms with Crippen LogP contribution in [0, 0.1) is 11.3 Å². The number of hydrogen-bond acceptors (Lipinski definition) is 6. The Morgan fingerprint density at radius 2 is 2.09 bits per heavy atom. The van der Waals surface area contributed by atoms with E-state index in [2.05, 4.69) is 20.5 Å². The largest absolute Gasteiger partial charge is 0.481 e. The van der Waals surface area contributed by atoms with Gasteiger partial charge in [-0.1, -0.05) is 24.2 Å². The Labute approximate surface area is 194 Å². The monoisotopic (exact) mass is 473 g/mol. The van der Waals surface area contributed by atoms with E-state index >= 15 is 0 Å². The Balaban J connectivity index is 1.47. The lowest BCUT2D eigenvalue weighted by atomic mass is 9.97. The first-order chi connectivity index (χ1) is 15.3. The van der Waals surface area contributed by atoms with E-state index in [0.29, 0.717) is 23.3 Å². The molecule has 1 saturated carbocycles. The van der Waals surface area contributed by atoms with E-state index in [1.165, 1.54) is 35.9 Å². The van der Waals surface area contributed by atoms with Gasteiger partial charge in [0, 0.05) is 23.4 Å². The topological polar surface area (TPSA) is 111 Å². The summed E-state index contributed by atoms with van der Waals surface area (Å²) in [5.74, 6) is 0.0781.